The largest absolute Gasteiger partial charge is 0.417 e. The summed E-state index contributed by atoms with van der Waals surface area (Å²) in [6.07, 6.45) is -0.309. The maximum absolute atomic E-state index is 12.9. The molecule has 152 valence electrons. The zero-order valence-electron chi connectivity index (χ0n) is 15.2. The smallest absolute Gasteiger partial charge is 0.348 e. The Morgan fingerprint density at radius 3 is 2.59 bits per heavy atom. The van der Waals surface area contributed by atoms with Crippen LogP contribution in [0.15, 0.2) is 48.5 Å². The minimum Gasteiger partial charge on any atom is -0.348 e. The Morgan fingerprint density at radius 2 is 1.90 bits per heavy atom. The van der Waals surface area contributed by atoms with Gasteiger partial charge in [0.2, 0.25) is 11.8 Å². The average Bonchev–Trinajstić information content (AvgIpc) is 3.50. The minimum absolute atomic E-state index is 0.00434. The van der Waals surface area contributed by atoms with Gasteiger partial charge in [-0.25, -0.2) is 0 Å². The number of benzene rings is 2. The summed E-state index contributed by atoms with van der Waals surface area (Å²) in [5.41, 5.74) is 0.699. The van der Waals surface area contributed by atoms with Crippen molar-refractivity contribution in [3.05, 3.63) is 70.3 Å². The molecule has 3 rings (SSSR count). The van der Waals surface area contributed by atoms with Gasteiger partial charge in [0.25, 0.3) is 0 Å². The van der Waals surface area contributed by atoms with Gasteiger partial charge in [0.05, 0.1) is 10.6 Å². The number of hydrogen-bond acceptors (Lipinski definition) is 2. The summed E-state index contributed by atoms with van der Waals surface area (Å²) in [4.78, 5) is 23.8. The van der Waals surface area contributed by atoms with E-state index in [9.17, 15) is 22.8 Å². The number of carbonyl (C=O) groups excluding carboxylic acids is 2. The first kappa shape index (κ1) is 20.9. The highest BCUT2D eigenvalue weighted by Gasteiger charge is 2.33. The summed E-state index contributed by atoms with van der Waals surface area (Å²) in [5, 5.41) is 5.09. The van der Waals surface area contributed by atoms with E-state index in [1.807, 2.05) is 0 Å². The molecule has 1 saturated carbocycles. The van der Waals surface area contributed by atoms with Gasteiger partial charge in [0.15, 0.2) is 0 Å². The normalized spacial score (nSPS) is 14.1. The molecule has 8 heteroatoms. The molecule has 0 aromatic heterocycles. The zero-order valence-corrected chi connectivity index (χ0v) is 16.0. The van der Waals surface area contributed by atoms with Crippen molar-refractivity contribution in [3.63, 3.8) is 0 Å². The monoisotopic (exact) mass is 422 g/mol. The minimum atomic E-state index is -4.57. The number of halogens is 4. The lowest BCUT2D eigenvalue weighted by molar-refractivity contribution is -0.137. The van der Waals surface area contributed by atoms with E-state index in [0.29, 0.717) is 5.69 Å². The number of nitrogens with one attached hydrogen (secondary N) is 2. The SMILES string of the molecule is O=C(/C=C/c1ccc(Cl)c(C(F)(F)F)c1)NCc1cccc(NC(=O)C2CC2)c1. The molecule has 0 bridgehead atoms. The second-order valence-electron chi connectivity index (χ2n) is 6.75. The predicted molar refractivity (Wildman–Crippen MR) is 105 cm³/mol. The Hall–Kier alpha value is -2.80. The Morgan fingerprint density at radius 1 is 1.14 bits per heavy atom. The van der Waals surface area contributed by atoms with Crippen molar-refractivity contribution in [1.82, 2.24) is 5.32 Å². The highest BCUT2D eigenvalue weighted by molar-refractivity contribution is 6.31. The first-order valence-corrected chi connectivity index (χ1v) is 9.32. The van der Waals surface area contributed by atoms with Gasteiger partial charge in [-0.05, 0) is 54.3 Å². The van der Waals surface area contributed by atoms with Crippen LogP contribution in [0.5, 0.6) is 0 Å². The molecular weight excluding hydrogens is 405 g/mol. The molecule has 0 heterocycles. The molecule has 0 radical (unpaired) electrons. The third-order valence-electron chi connectivity index (χ3n) is 4.33. The molecule has 2 aromatic rings. The van der Waals surface area contributed by atoms with Crippen LogP contribution in [0.1, 0.15) is 29.5 Å². The van der Waals surface area contributed by atoms with E-state index >= 15 is 0 Å². The molecule has 0 atom stereocenters. The molecule has 2 aromatic carbocycles. The van der Waals surface area contributed by atoms with Gasteiger partial charge < -0.3 is 10.6 Å². The third-order valence-corrected chi connectivity index (χ3v) is 4.66. The molecule has 1 aliphatic carbocycles. The van der Waals surface area contributed by atoms with Gasteiger partial charge in [-0.2, -0.15) is 13.2 Å². The van der Waals surface area contributed by atoms with Crippen LogP contribution in [0, 0.1) is 5.92 Å². The van der Waals surface area contributed by atoms with Crippen molar-refractivity contribution in [2.45, 2.75) is 25.6 Å². The lowest BCUT2D eigenvalue weighted by Gasteiger charge is -2.09. The number of amides is 2. The number of alkyl halides is 3. The van der Waals surface area contributed by atoms with Crippen molar-refractivity contribution in [2.75, 3.05) is 5.32 Å². The first-order chi connectivity index (χ1) is 13.7. The number of rotatable bonds is 6. The number of anilines is 1. The van der Waals surface area contributed by atoms with E-state index in [1.54, 1.807) is 24.3 Å². The molecule has 1 fully saturated rings. The average molecular weight is 423 g/mol. The van der Waals surface area contributed by atoms with Crippen molar-refractivity contribution in [3.8, 4) is 0 Å². The van der Waals surface area contributed by atoms with Crippen molar-refractivity contribution >= 4 is 35.2 Å². The Bertz CT molecular complexity index is 953. The first-order valence-electron chi connectivity index (χ1n) is 8.95. The molecule has 0 spiro atoms. The van der Waals surface area contributed by atoms with Gasteiger partial charge in [0.1, 0.15) is 0 Å². The summed E-state index contributed by atoms with van der Waals surface area (Å²) in [6.45, 7) is 0.213. The van der Waals surface area contributed by atoms with E-state index in [1.165, 1.54) is 12.1 Å². The van der Waals surface area contributed by atoms with Crippen molar-refractivity contribution < 1.29 is 22.8 Å². The van der Waals surface area contributed by atoms with Gasteiger partial charge in [-0.1, -0.05) is 29.8 Å². The fraction of sp³-hybridized carbons (Fsp3) is 0.238. The van der Waals surface area contributed by atoms with Crippen LogP contribution < -0.4 is 10.6 Å². The van der Waals surface area contributed by atoms with Crippen LogP contribution >= 0.6 is 11.6 Å². The maximum Gasteiger partial charge on any atom is 0.417 e. The van der Waals surface area contributed by atoms with Gasteiger partial charge in [-0.3, -0.25) is 9.59 Å². The van der Waals surface area contributed by atoms with Crippen LogP contribution in [0.3, 0.4) is 0 Å². The number of carbonyl (C=O) groups is 2. The Kier molecular flexibility index (Phi) is 6.27. The Balaban J connectivity index is 1.56. The van der Waals surface area contributed by atoms with E-state index in [2.05, 4.69) is 10.6 Å². The third kappa shape index (κ3) is 6.09. The van der Waals surface area contributed by atoms with E-state index in [0.717, 1.165) is 36.6 Å². The standard InChI is InChI=1S/C21H18ClF3N2O2/c22-18-8-4-13(11-17(18)21(23,24)25)5-9-19(28)26-12-14-2-1-3-16(10-14)27-20(29)15-6-7-15/h1-5,8-11,15H,6-7,12H2,(H,26,28)(H,27,29)/b9-5+. The van der Waals surface area contributed by atoms with Gasteiger partial charge >= 0.3 is 6.18 Å². The number of hydrogen-bond donors (Lipinski definition) is 2. The highest BCUT2D eigenvalue weighted by atomic mass is 35.5. The molecule has 0 unspecified atom stereocenters. The lowest BCUT2D eigenvalue weighted by Crippen LogP contribution is -2.20. The summed E-state index contributed by atoms with van der Waals surface area (Å²) in [5.74, 6) is -0.370. The second kappa shape index (κ2) is 8.69. The molecule has 2 amide bonds. The van der Waals surface area contributed by atoms with Crippen LogP contribution in [0.25, 0.3) is 6.08 Å². The van der Waals surface area contributed by atoms with Crippen LogP contribution in [-0.2, 0) is 22.3 Å². The van der Waals surface area contributed by atoms with E-state index in [-0.39, 0.29) is 23.9 Å². The molecule has 0 aliphatic heterocycles. The molecule has 4 nitrogen and oxygen atoms in total. The van der Waals surface area contributed by atoms with Gasteiger partial charge in [0, 0.05) is 24.2 Å². The van der Waals surface area contributed by atoms with Crippen LogP contribution in [0.4, 0.5) is 18.9 Å². The molecule has 0 saturated heterocycles. The summed E-state index contributed by atoms with van der Waals surface area (Å²) in [6, 6.07) is 10.5. The van der Waals surface area contributed by atoms with Crippen LogP contribution in [0.2, 0.25) is 5.02 Å². The quantitative estimate of drug-likeness (QED) is 0.641. The lowest BCUT2D eigenvalue weighted by atomic mass is 10.1. The fourth-order valence-electron chi connectivity index (χ4n) is 2.63. The fourth-order valence-corrected chi connectivity index (χ4v) is 2.86. The van der Waals surface area contributed by atoms with E-state index in [4.69, 9.17) is 11.6 Å². The molecular formula is C21H18ClF3N2O2. The zero-order chi connectivity index (χ0) is 21.0. The molecule has 29 heavy (non-hydrogen) atoms. The van der Waals surface area contributed by atoms with E-state index < -0.39 is 22.7 Å². The summed E-state index contributed by atoms with van der Waals surface area (Å²) >= 11 is 5.58. The molecule has 2 N–H and O–H groups in total. The predicted octanol–water partition coefficient (Wildman–Crippen LogP) is 5.04. The molecule has 1 aliphatic rings. The topological polar surface area (TPSA) is 58.2 Å². The van der Waals surface area contributed by atoms with Crippen LogP contribution in [-0.4, -0.2) is 11.8 Å². The van der Waals surface area contributed by atoms with Crippen molar-refractivity contribution in [1.29, 1.82) is 0 Å². The summed E-state index contributed by atoms with van der Waals surface area (Å²) < 4.78 is 38.6. The summed E-state index contributed by atoms with van der Waals surface area (Å²) in [7, 11) is 0. The highest BCUT2D eigenvalue weighted by Crippen LogP contribution is 2.35. The van der Waals surface area contributed by atoms with Gasteiger partial charge in [-0.15, -0.1) is 0 Å². The van der Waals surface area contributed by atoms with Crippen molar-refractivity contribution in [2.24, 2.45) is 5.92 Å². The maximum atomic E-state index is 12.9. The Labute approximate surface area is 170 Å². The second-order valence-corrected chi connectivity index (χ2v) is 7.16.